The summed E-state index contributed by atoms with van der Waals surface area (Å²) in [5.41, 5.74) is 4.78. The van der Waals surface area contributed by atoms with Crippen molar-refractivity contribution in [3.8, 4) is 0 Å². The average molecular weight is 436 g/mol. The van der Waals surface area contributed by atoms with E-state index in [0.717, 1.165) is 22.8 Å². The van der Waals surface area contributed by atoms with E-state index in [1.807, 2.05) is 45.0 Å². The minimum atomic E-state index is -4.13. The van der Waals surface area contributed by atoms with Gasteiger partial charge in [0.2, 0.25) is 15.6 Å². The number of ketones is 1. The topological polar surface area (TPSA) is 54.5 Å². The van der Waals surface area contributed by atoms with Gasteiger partial charge in [0.25, 0.3) is 0 Å². The van der Waals surface area contributed by atoms with Crippen molar-refractivity contribution >= 4 is 27.0 Å². The second-order valence-electron chi connectivity index (χ2n) is 7.97. The molecule has 1 heterocycles. The van der Waals surface area contributed by atoms with Crippen molar-refractivity contribution in [3.05, 3.63) is 99.3 Å². The molecule has 1 aliphatic heterocycles. The minimum absolute atomic E-state index is 0.0938. The SMILES string of the molecule is Cc1cc(C)cc(N2C=C(C(=O)c3ccc(C)cc3C)S(=O)(=O)c3ccc(F)cc32)c1. The van der Waals surface area contributed by atoms with Crippen molar-refractivity contribution in [2.45, 2.75) is 32.6 Å². The summed E-state index contributed by atoms with van der Waals surface area (Å²) in [5, 5.41) is 0. The zero-order valence-corrected chi connectivity index (χ0v) is 18.5. The van der Waals surface area contributed by atoms with Crippen molar-refractivity contribution < 1.29 is 17.6 Å². The zero-order valence-electron chi connectivity index (χ0n) is 17.7. The lowest BCUT2D eigenvalue weighted by atomic mass is 10.0. The van der Waals surface area contributed by atoms with Crippen LogP contribution in [0.15, 0.2) is 70.6 Å². The van der Waals surface area contributed by atoms with Crippen LogP contribution in [-0.2, 0) is 9.84 Å². The summed E-state index contributed by atoms with van der Waals surface area (Å²) >= 11 is 0. The molecule has 1 aliphatic rings. The Bertz CT molecular complexity index is 1350. The van der Waals surface area contributed by atoms with Crippen LogP contribution in [0.4, 0.5) is 15.8 Å². The lowest BCUT2D eigenvalue weighted by molar-refractivity contribution is 0.104. The molecule has 0 saturated carbocycles. The summed E-state index contributed by atoms with van der Waals surface area (Å²) in [5.74, 6) is -1.14. The maximum absolute atomic E-state index is 14.1. The third-order valence-electron chi connectivity index (χ3n) is 5.34. The highest BCUT2D eigenvalue weighted by Gasteiger charge is 2.37. The van der Waals surface area contributed by atoms with Crippen LogP contribution in [0.5, 0.6) is 0 Å². The molecule has 0 aromatic heterocycles. The Kier molecular flexibility index (Phi) is 5.06. The molecule has 3 aromatic rings. The molecule has 0 fully saturated rings. The van der Waals surface area contributed by atoms with E-state index in [1.54, 1.807) is 24.0 Å². The van der Waals surface area contributed by atoms with Crippen LogP contribution in [0.2, 0.25) is 0 Å². The van der Waals surface area contributed by atoms with E-state index in [-0.39, 0.29) is 15.5 Å². The Balaban J connectivity index is 1.97. The number of nitrogens with zero attached hydrogens (tertiary/aromatic N) is 1. The van der Waals surface area contributed by atoms with Crippen molar-refractivity contribution in [1.29, 1.82) is 0 Å². The largest absolute Gasteiger partial charge is 0.314 e. The molecule has 4 nitrogen and oxygen atoms in total. The number of fused-ring (bicyclic) bond motifs is 1. The van der Waals surface area contributed by atoms with E-state index in [1.165, 1.54) is 18.3 Å². The molecule has 0 amide bonds. The molecule has 0 saturated heterocycles. The van der Waals surface area contributed by atoms with E-state index >= 15 is 0 Å². The number of aryl methyl sites for hydroxylation is 4. The number of rotatable bonds is 3. The molecule has 0 spiro atoms. The summed E-state index contributed by atoms with van der Waals surface area (Å²) in [6.07, 6.45) is 1.31. The molecule has 0 unspecified atom stereocenters. The summed E-state index contributed by atoms with van der Waals surface area (Å²) in [6, 6.07) is 14.5. The van der Waals surface area contributed by atoms with Crippen molar-refractivity contribution in [2.24, 2.45) is 0 Å². The third-order valence-corrected chi connectivity index (χ3v) is 7.13. The average Bonchev–Trinajstić information content (AvgIpc) is 2.66. The highest BCUT2D eigenvalue weighted by Crippen LogP contribution is 2.41. The fourth-order valence-corrected chi connectivity index (χ4v) is 5.48. The van der Waals surface area contributed by atoms with Crippen LogP contribution in [0.25, 0.3) is 0 Å². The van der Waals surface area contributed by atoms with E-state index in [4.69, 9.17) is 0 Å². The normalized spacial score (nSPS) is 14.7. The molecular weight excluding hydrogens is 413 g/mol. The number of sulfone groups is 1. The van der Waals surface area contributed by atoms with E-state index < -0.39 is 21.4 Å². The van der Waals surface area contributed by atoms with Crippen LogP contribution in [-0.4, -0.2) is 14.2 Å². The van der Waals surface area contributed by atoms with E-state index in [0.29, 0.717) is 16.8 Å². The van der Waals surface area contributed by atoms with Crippen molar-refractivity contribution in [1.82, 2.24) is 0 Å². The number of allylic oxidation sites excluding steroid dienone is 1. The second-order valence-corrected chi connectivity index (χ2v) is 9.86. The van der Waals surface area contributed by atoms with Crippen LogP contribution < -0.4 is 4.90 Å². The number of Topliss-reactive ketones (excluding diaryl/α,β-unsaturated/α-hetero) is 1. The maximum Gasteiger partial charge on any atom is 0.214 e. The van der Waals surface area contributed by atoms with Gasteiger partial charge in [-0.15, -0.1) is 0 Å². The molecule has 158 valence electrons. The highest BCUT2D eigenvalue weighted by atomic mass is 32.2. The Morgan fingerprint density at radius 1 is 0.839 bits per heavy atom. The van der Waals surface area contributed by atoms with E-state index in [9.17, 15) is 17.6 Å². The Labute approximate surface area is 181 Å². The summed E-state index contributed by atoms with van der Waals surface area (Å²) < 4.78 is 40.9. The van der Waals surface area contributed by atoms with Gasteiger partial charge >= 0.3 is 0 Å². The quantitative estimate of drug-likeness (QED) is 0.391. The number of halogens is 1. The van der Waals surface area contributed by atoms with Gasteiger partial charge in [-0.2, -0.15) is 0 Å². The molecule has 0 aliphatic carbocycles. The second kappa shape index (κ2) is 7.46. The van der Waals surface area contributed by atoms with Gasteiger partial charge < -0.3 is 4.90 Å². The zero-order chi connectivity index (χ0) is 22.5. The van der Waals surface area contributed by atoms with Crippen LogP contribution in [0.3, 0.4) is 0 Å². The first-order valence-corrected chi connectivity index (χ1v) is 11.3. The van der Waals surface area contributed by atoms with Gasteiger partial charge in [-0.3, -0.25) is 4.79 Å². The van der Waals surface area contributed by atoms with Gasteiger partial charge in [0.15, 0.2) is 0 Å². The predicted molar refractivity (Wildman–Crippen MR) is 120 cm³/mol. The number of benzene rings is 3. The lowest BCUT2D eigenvalue weighted by Crippen LogP contribution is -2.26. The maximum atomic E-state index is 14.1. The van der Waals surface area contributed by atoms with Crippen molar-refractivity contribution in [3.63, 3.8) is 0 Å². The predicted octanol–water partition coefficient (Wildman–Crippen LogP) is 5.71. The molecule has 0 N–H and O–H groups in total. The van der Waals surface area contributed by atoms with Gasteiger partial charge in [-0.25, -0.2) is 12.8 Å². The van der Waals surface area contributed by atoms with Gasteiger partial charge in [0, 0.05) is 17.5 Å². The lowest BCUT2D eigenvalue weighted by Gasteiger charge is -2.29. The molecule has 0 atom stereocenters. The first-order chi connectivity index (χ1) is 14.6. The molecule has 0 bridgehead atoms. The van der Waals surface area contributed by atoms with Gasteiger partial charge in [-0.1, -0.05) is 29.8 Å². The first kappa shape index (κ1) is 21.0. The first-order valence-electron chi connectivity index (χ1n) is 9.84. The fourth-order valence-electron chi connectivity index (χ4n) is 3.97. The monoisotopic (exact) mass is 435 g/mol. The fraction of sp³-hybridized carbons (Fsp3) is 0.160. The molecule has 0 radical (unpaired) electrons. The van der Waals surface area contributed by atoms with Gasteiger partial charge in [0.05, 0.1) is 10.6 Å². The molecule has 31 heavy (non-hydrogen) atoms. The summed E-state index contributed by atoms with van der Waals surface area (Å²) in [6.45, 7) is 7.54. The van der Waals surface area contributed by atoms with Gasteiger partial charge in [0.1, 0.15) is 10.7 Å². The minimum Gasteiger partial charge on any atom is -0.314 e. The molecule has 4 rings (SSSR count). The molecular formula is C25H22FNO3S. The number of carbonyl (C=O) groups excluding carboxylic acids is 1. The Hall–Kier alpha value is -3.25. The number of hydrogen-bond donors (Lipinski definition) is 0. The summed E-state index contributed by atoms with van der Waals surface area (Å²) in [7, 11) is -4.13. The van der Waals surface area contributed by atoms with Gasteiger partial charge in [-0.05, 0) is 74.7 Å². The van der Waals surface area contributed by atoms with Crippen LogP contribution in [0.1, 0.15) is 32.6 Å². The van der Waals surface area contributed by atoms with Crippen LogP contribution in [0, 0.1) is 33.5 Å². The highest BCUT2D eigenvalue weighted by molar-refractivity contribution is 7.96. The Morgan fingerprint density at radius 3 is 2.16 bits per heavy atom. The van der Waals surface area contributed by atoms with Crippen LogP contribution >= 0.6 is 0 Å². The summed E-state index contributed by atoms with van der Waals surface area (Å²) in [4.78, 5) is 14.5. The molecule has 3 aromatic carbocycles. The Morgan fingerprint density at radius 2 is 1.52 bits per heavy atom. The molecule has 6 heteroatoms. The smallest absolute Gasteiger partial charge is 0.214 e. The number of hydrogen-bond acceptors (Lipinski definition) is 4. The third kappa shape index (κ3) is 3.68. The number of anilines is 2. The van der Waals surface area contributed by atoms with Crippen molar-refractivity contribution in [2.75, 3.05) is 4.90 Å². The number of carbonyl (C=O) groups is 1. The standard InChI is InChI=1S/C25H22FNO3S/c1-15-5-7-21(18(4)10-15)25(28)24-14-27(20-11-16(2)9-17(3)12-20)22-13-19(26)6-8-23(22)31(24,29)30/h5-14H,1-4H3. The van der Waals surface area contributed by atoms with E-state index in [2.05, 4.69) is 0 Å².